The third-order valence-electron chi connectivity index (χ3n) is 1.69. The summed E-state index contributed by atoms with van der Waals surface area (Å²) in [6.07, 6.45) is 0.0289. The van der Waals surface area contributed by atoms with Crippen molar-refractivity contribution in [3.63, 3.8) is 0 Å². The molecule has 0 fully saturated rings. The van der Waals surface area contributed by atoms with E-state index in [2.05, 4.69) is 0 Å². The standard InChI is InChI=1S/C9H14NO3P/c1-2-13-14(11,12)7-8-3-5-9(10)6-4-8/h3-6H,2,7,10H2,1H3,(H,11,12). The fourth-order valence-electron chi connectivity index (χ4n) is 1.10. The lowest BCUT2D eigenvalue weighted by Crippen LogP contribution is -1.93. The second-order valence-corrected chi connectivity index (χ2v) is 4.80. The van der Waals surface area contributed by atoms with Crippen LogP contribution in [0.2, 0.25) is 0 Å². The molecule has 0 aliphatic carbocycles. The first-order valence-electron chi connectivity index (χ1n) is 4.34. The normalized spacial score (nSPS) is 15.0. The highest BCUT2D eigenvalue weighted by Gasteiger charge is 2.18. The maximum absolute atomic E-state index is 11.4. The van der Waals surface area contributed by atoms with E-state index in [-0.39, 0.29) is 12.8 Å². The summed E-state index contributed by atoms with van der Waals surface area (Å²) in [5.41, 5.74) is 6.87. The van der Waals surface area contributed by atoms with Crippen LogP contribution >= 0.6 is 7.60 Å². The zero-order valence-electron chi connectivity index (χ0n) is 8.01. The summed E-state index contributed by atoms with van der Waals surface area (Å²) in [5.74, 6) is 0. The zero-order chi connectivity index (χ0) is 10.6. The lowest BCUT2D eigenvalue weighted by atomic mass is 10.2. The molecule has 0 aliphatic rings. The largest absolute Gasteiger partial charge is 0.399 e. The summed E-state index contributed by atoms with van der Waals surface area (Å²) in [6, 6.07) is 6.83. The molecule has 3 N–H and O–H groups in total. The van der Waals surface area contributed by atoms with Crippen LogP contribution in [0.15, 0.2) is 24.3 Å². The average Bonchev–Trinajstić information content (AvgIpc) is 2.08. The Bertz CT molecular complexity index is 336. The van der Waals surface area contributed by atoms with E-state index in [1.165, 1.54) is 0 Å². The number of nitrogens with two attached hydrogens (primary N) is 1. The van der Waals surface area contributed by atoms with Crippen molar-refractivity contribution in [2.75, 3.05) is 12.3 Å². The molecule has 14 heavy (non-hydrogen) atoms. The number of rotatable bonds is 4. The van der Waals surface area contributed by atoms with Crippen LogP contribution in [0.5, 0.6) is 0 Å². The number of nitrogen functional groups attached to an aromatic ring is 1. The topological polar surface area (TPSA) is 72.5 Å². The Kier molecular flexibility index (Phi) is 3.69. The number of benzene rings is 1. The molecular weight excluding hydrogens is 201 g/mol. The molecule has 0 spiro atoms. The van der Waals surface area contributed by atoms with E-state index in [0.29, 0.717) is 5.69 Å². The maximum Gasteiger partial charge on any atom is 0.332 e. The first kappa shape index (κ1) is 11.2. The first-order valence-corrected chi connectivity index (χ1v) is 6.10. The van der Waals surface area contributed by atoms with Crippen LogP contribution in [0.3, 0.4) is 0 Å². The van der Waals surface area contributed by atoms with Gasteiger partial charge >= 0.3 is 7.60 Å². The van der Waals surface area contributed by atoms with Gasteiger partial charge in [-0.15, -0.1) is 0 Å². The van der Waals surface area contributed by atoms with E-state index in [0.717, 1.165) is 5.56 Å². The van der Waals surface area contributed by atoms with E-state index >= 15 is 0 Å². The smallest absolute Gasteiger partial charge is 0.332 e. The van der Waals surface area contributed by atoms with Crippen LogP contribution in [0.1, 0.15) is 12.5 Å². The second kappa shape index (κ2) is 4.60. The number of hydrogen-bond donors (Lipinski definition) is 2. The Hall–Kier alpha value is -0.830. The number of anilines is 1. The quantitative estimate of drug-likeness (QED) is 0.595. The summed E-state index contributed by atoms with van der Waals surface area (Å²) in [6.45, 7) is 1.93. The van der Waals surface area contributed by atoms with Gasteiger partial charge in [0.15, 0.2) is 0 Å². The van der Waals surface area contributed by atoms with Crippen molar-refractivity contribution in [2.45, 2.75) is 13.1 Å². The molecular formula is C9H14NO3P. The highest BCUT2D eigenvalue weighted by Crippen LogP contribution is 2.45. The molecule has 0 saturated carbocycles. The summed E-state index contributed by atoms with van der Waals surface area (Å²) >= 11 is 0. The zero-order valence-corrected chi connectivity index (χ0v) is 8.91. The van der Waals surface area contributed by atoms with E-state index in [1.54, 1.807) is 31.2 Å². The van der Waals surface area contributed by atoms with E-state index < -0.39 is 7.60 Å². The molecule has 0 aromatic heterocycles. The van der Waals surface area contributed by atoms with E-state index in [1.807, 2.05) is 0 Å². The Balaban J connectivity index is 2.69. The second-order valence-electron chi connectivity index (χ2n) is 2.95. The lowest BCUT2D eigenvalue weighted by molar-refractivity contribution is 0.272. The maximum atomic E-state index is 11.4. The molecule has 1 aromatic carbocycles. The van der Waals surface area contributed by atoms with Gasteiger partial charge in [-0.05, 0) is 24.6 Å². The van der Waals surface area contributed by atoms with Crippen LogP contribution in [0, 0.1) is 0 Å². The molecule has 1 unspecified atom stereocenters. The fraction of sp³-hybridized carbons (Fsp3) is 0.333. The summed E-state index contributed by atoms with van der Waals surface area (Å²) < 4.78 is 16.1. The fourth-order valence-corrected chi connectivity index (χ4v) is 2.27. The Morgan fingerprint density at radius 1 is 1.43 bits per heavy atom. The molecule has 1 atom stereocenters. The van der Waals surface area contributed by atoms with Gasteiger partial charge in [0.25, 0.3) is 0 Å². The average molecular weight is 215 g/mol. The van der Waals surface area contributed by atoms with Crippen molar-refractivity contribution in [2.24, 2.45) is 0 Å². The van der Waals surface area contributed by atoms with Gasteiger partial charge in [0.05, 0.1) is 12.8 Å². The minimum Gasteiger partial charge on any atom is -0.399 e. The van der Waals surface area contributed by atoms with Gasteiger partial charge in [0, 0.05) is 5.69 Å². The molecule has 5 heteroatoms. The van der Waals surface area contributed by atoms with Crippen LogP contribution in [0.4, 0.5) is 5.69 Å². The van der Waals surface area contributed by atoms with Gasteiger partial charge in [0.2, 0.25) is 0 Å². The molecule has 0 heterocycles. The molecule has 1 aromatic rings. The van der Waals surface area contributed by atoms with Gasteiger partial charge in [-0.1, -0.05) is 12.1 Å². The van der Waals surface area contributed by atoms with Crippen molar-refractivity contribution < 1.29 is 14.0 Å². The van der Waals surface area contributed by atoms with Crippen molar-refractivity contribution >= 4 is 13.3 Å². The lowest BCUT2D eigenvalue weighted by Gasteiger charge is -2.10. The Labute approximate surface area is 83.2 Å². The first-order chi connectivity index (χ1) is 6.53. The monoisotopic (exact) mass is 215 g/mol. The van der Waals surface area contributed by atoms with Crippen molar-refractivity contribution in [3.8, 4) is 0 Å². The van der Waals surface area contributed by atoms with Gasteiger partial charge in [0.1, 0.15) is 0 Å². The van der Waals surface area contributed by atoms with Gasteiger partial charge in [-0.2, -0.15) is 0 Å². The van der Waals surface area contributed by atoms with Crippen LogP contribution in [0.25, 0.3) is 0 Å². The van der Waals surface area contributed by atoms with Gasteiger partial charge < -0.3 is 15.2 Å². The van der Waals surface area contributed by atoms with Crippen molar-refractivity contribution in [1.82, 2.24) is 0 Å². The van der Waals surface area contributed by atoms with Crippen LogP contribution in [-0.4, -0.2) is 11.5 Å². The third-order valence-corrected chi connectivity index (χ3v) is 3.12. The Morgan fingerprint density at radius 2 is 2.00 bits per heavy atom. The van der Waals surface area contributed by atoms with Gasteiger partial charge in [-0.3, -0.25) is 4.57 Å². The summed E-state index contributed by atoms with van der Waals surface area (Å²) in [4.78, 5) is 9.34. The molecule has 0 bridgehead atoms. The third kappa shape index (κ3) is 3.50. The van der Waals surface area contributed by atoms with E-state index in [4.69, 9.17) is 10.3 Å². The minimum atomic E-state index is -3.47. The van der Waals surface area contributed by atoms with E-state index in [9.17, 15) is 9.46 Å². The predicted octanol–water partition coefficient (Wildman–Crippen LogP) is 1.99. The minimum absolute atomic E-state index is 0.0289. The highest BCUT2D eigenvalue weighted by molar-refractivity contribution is 7.51. The molecule has 0 amide bonds. The molecule has 0 saturated heterocycles. The predicted molar refractivity (Wildman–Crippen MR) is 56.0 cm³/mol. The SMILES string of the molecule is CCOP(=O)(O)Cc1ccc(N)cc1. The molecule has 1 rings (SSSR count). The summed E-state index contributed by atoms with van der Waals surface area (Å²) in [5, 5.41) is 0. The van der Waals surface area contributed by atoms with Crippen molar-refractivity contribution in [1.29, 1.82) is 0 Å². The molecule has 0 radical (unpaired) electrons. The molecule has 78 valence electrons. The Morgan fingerprint density at radius 3 is 2.50 bits per heavy atom. The number of hydrogen-bond acceptors (Lipinski definition) is 3. The van der Waals surface area contributed by atoms with Crippen LogP contribution < -0.4 is 5.73 Å². The van der Waals surface area contributed by atoms with Gasteiger partial charge in [-0.25, -0.2) is 0 Å². The highest BCUT2D eigenvalue weighted by atomic mass is 31.2. The molecule has 0 aliphatic heterocycles. The van der Waals surface area contributed by atoms with Crippen molar-refractivity contribution in [3.05, 3.63) is 29.8 Å². The molecule has 4 nitrogen and oxygen atoms in total. The summed E-state index contributed by atoms with van der Waals surface area (Å²) in [7, 11) is -3.47. The van der Waals surface area contributed by atoms with Crippen LogP contribution in [-0.2, 0) is 15.3 Å².